The van der Waals surface area contributed by atoms with E-state index >= 15 is 0 Å². The number of aromatic amines is 1. The zero-order valence-electron chi connectivity index (χ0n) is 7.06. The first kappa shape index (κ1) is 8.83. The Morgan fingerprint density at radius 3 is 3.00 bits per heavy atom. The molecule has 0 aliphatic rings. The molecule has 1 N–H and O–H groups in total. The maximum Gasteiger partial charge on any atom is 0.258 e. The third-order valence-electron chi connectivity index (χ3n) is 1.69. The Hall–Kier alpha value is -1.75. The molecule has 70 valence electrons. The molecule has 0 aromatic carbocycles. The van der Waals surface area contributed by atoms with Crippen molar-refractivity contribution >= 4 is 17.6 Å². The lowest BCUT2D eigenvalue weighted by atomic mass is 10.3. The van der Waals surface area contributed by atoms with Crippen molar-refractivity contribution in [1.29, 1.82) is 0 Å². The van der Waals surface area contributed by atoms with Crippen LogP contribution in [0, 0.1) is 0 Å². The smallest absolute Gasteiger partial charge is 0.258 e. The van der Waals surface area contributed by atoms with Crippen molar-refractivity contribution in [2.24, 2.45) is 0 Å². The van der Waals surface area contributed by atoms with Gasteiger partial charge in [-0.2, -0.15) is 0 Å². The molecule has 2 aromatic rings. The lowest BCUT2D eigenvalue weighted by Crippen LogP contribution is -2.06. The summed E-state index contributed by atoms with van der Waals surface area (Å²) >= 11 is 1.20. The van der Waals surface area contributed by atoms with Crippen molar-refractivity contribution in [3.8, 4) is 10.6 Å². The van der Waals surface area contributed by atoms with Crippen molar-refractivity contribution < 1.29 is 4.79 Å². The van der Waals surface area contributed by atoms with E-state index in [9.17, 15) is 9.59 Å². The summed E-state index contributed by atoms with van der Waals surface area (Å²) in [6, 6.07) is 3.39. The molecule has 0 aliphatic heterocycles. The van der Waals surface area contributed by atoms with Crippen LogP contribution in [0.5, 0.6) is 0 Å². The maximum atomic E-state index is 11.3. The molecule has 0 bridgehead atoms. The van der Waals surface area contributed by atoms with Crippen LogP contribution in [0.15, 0.2) is 29.3 Å². The summed E-state index contributed by atoms with van der Waals surface area (Å²) in [7, 11) is 0. The number of hydrogen-bond donors (Lipinski definition) is 1. The van der Waals surface area contributed by atoms with Crippen molar-refractivity contribution in [2.45, 2.75) is 0 Å². The van der Waals surface area contributed by atoms with E-state index in [0.29, 0.717) is 15.4 Å². The van der Waals surface area contributed by atoms with Gasteiger partial charge in [-0.3, -0.25) is 9.59 Å². The Kier molecular flexibility index (Phi) is 2.24. The van der Waals surface area contributed by atoms with E-state index in [-0.39, 0.29) is 5.56 Å². The van der Waals surface area contributed by atoms with Crippen LogP contribution in [-0.2, 0) is 0 Å². The number of nitrogens with one attached hydrogen (secondary N) is 1. The van der Waals surface area contributed by atoms with Crippen LogP contribution in [-0.4, -0.2) is 16.3 Å². The fraction of sp³-hybridized carbons (Fsp3) is 0. The molecule has 0 atom stereocenters. The van der Waals surface area contributed by atoms with Gasteiger partial charge in [-0.05, 0) is 12.1 Å². The lowest BCUT2D eigenvalue weighted by Gasteiger charge is -1.91. The van der Waals surface area contributed by atoms with Gasteiger partial charge in [0.15, 0.2) is 6.29 Å². The summed E-state index contributed by atoms with van der Waals surface area (Å²) in [4.78, 5) is 28.8. The van der Waals surface area contributed by atoms with Crippen LogP contribution >= 0.6 is 11.3 Å². The van der Waals surface area contributed by atoms with Crippen LogP contribution in [0.3, 0.4) is 0 Å². The monoisotopic (exact) mass is 206 g/mol. The summed E-state index contributed by atoms with van der Waals surface area (Å²) in [6.45, 7) is 0. The van der Waals surface area contributed by atoms with Crippen molar-refractivity contribution in [2.75, 3.05) is 0 Å². The average Bonchev–Trinajstić information content (AvgIpc) is 2.67. The number of thiazole rings is 1. The van der Waals surface area contributed by atoms with E-state index in [2.05, 4.69) is 9.97 Å². The van der Waals surface area contributed by atoms with Gasteiger partial charge < -0.3 is 4.98 Å². The highest BCUT2D eigenvalue weighted by Crippen LogP contribution is 2.20. The zero-order chi connectivity index (χ0) is 9.97. The number of rotatable bonds is 2. The number of carbonyl (C=O) groups excluding carboxylic acids is 1. The van der Waals surface area contributed by atoms with Crippen molar-refractivity contribution in [3.63, 3.8) is 0 Å². The van der Waals surface area contributed by atoms with Crippen LogP contribution < -0.4 is 5.56 Å². The van der Waals surface area contributed by atoms with E-state index in [1.807, 2.05) is 0 Å². The summed E-state index contributed by atoms with van der Waals surface area (Å²) in [5, 5.41) is 0.564. The number of pyridine rings is 1. The molecule has 0 saturated heterocycles. The molecule has 0 aliphatic carbocycles. The van der Waals surface area contributed by atoms with Gasteiger partial charge in [0, 0.05) is 12.4 Å². The molecule has 0 fully saturated rings. The second-order valence-corrected chi connectivity index (χ2v) is 3.66. The Morgan fingerprint density at radius 2 is 2.36 bits per heavy atom. The van der Waals surface area contributed by atoms with Gasteiger partial charge in [0.1, 0.15) is 5.01 Å². The minimum Gasteiger partial charge on any atom is -0.329 e. The number of H-pyrrole nitrogens is 1. The number of carbonyl (C=O) groups is 1. The number of aldehydes is 1. The predicted molar refractivity (Wildman–Crippen MR) is 53.6 cm³/mol. The Balaban J connectivity index is 2.55. The van der Waals surface area contributed by atoms with Gasteiger partial charge >= 0.3 is 0 Å². The normalized spacial score (nSPS) is 10.0. The Labute approximate surface area is 83.3 Å². The molecule has 4 nitrogen and oxygen atoms in total. The molecule has 2 aromatic heterocycles. The standard InChI is InChI=1S/C9H6N2O2S/c12-5-6-4-11-9(14-6)7-2-1-3-10-8(7)13/h1-5H,(H,10,13). The number of hydrogen-bond acceptors (Lipinski definition) is 4. The first-order valence-corrected chi connectivity index (χ1v) is 4.72. The van der Waals surface area contributed by atoms with E-state index < -0.39 is 0 Å². The van der Waals surface area contributed by atoms with Crippen LogP contribution in [0.4, 0.5) is 0 Å². The van der Waals surface area contributed by atoms with Gasteiger partial charge in [-0.25, -0.2) is 4.98 Å². The zero-order valence-corrected chi connectivity index (χ0v) is 7.88. The molecule has 0 saturated carbocycles. The maximum absolute atomic E-state index is 11.3. The fourth-order valence-electron chi connectivity index (χ4n) is 1.06. The molecule has 0 radical (unpaired) electrons. The second-order valence-electron chi connectivity index (χ2n) is 2.60. The third-order valence-corrected chi connectivity index (χ3v) is 2.64. The lowest BCUT2D eigenvalue weighted by molar-refractivity contribution is 0.112. The quantitative estimate of drug-likeness (QED) is 0.753. The molecular formula is C9H6N2O2S. The average molecular weight is 206 g/mol. The van der Waals surface area contributed by atoms with Crippen molar-refractivity contribution in [3.05, 3.63) is 39.8 Å². The van der Waals surface area contributed by atoms with Crippen LogP contribution in [0.25, 0.3) is 10.6 Å². The molecule has 14 heavy (non-hydrogen) atoms. The molecular weight excluding hydrogens is 200 g/mol. The minimum absolute atomic E-state index is 0.195. The minimum atomic E-state index is -0.195. The van der Waals surface area contributed by atoms with Gasteiger partial charge in [0.05, 0.1) is 10.4 Å². The van der Waals surface area contributed by atoms with Gasteiger partial charge in [-0.1, -0.05) is 0 Å². The molecule has 2 heterocycles. The predicted octanol–water partition coefficient (Wildman–Crippen LogP) is 1.31. The topological polar surface area (TPSA) is 62.8 Å². The molecule has 0 spiro atoms. The second kappa shape index (κ2) is 3.55. The van der Waals surface area contributed by atoms with Gasteiger partial charge in [0.2, 0.25) is 0 Å². The van der Waals surface area contributed by atoms with E-state index in [4.69, 9.17) is 0 Å². The summed E-state index contributed by atoms with van der Waals surface area (Å²) in [5.41, 5.74) is 0.296. The molecule has 0 unspecified atom stereocenters. The Bertz CT molecular complexity index is 515. The first-order valence-electron chi connectivity index (χ1n) is 3.90. The largest absolute Gasteiger partial charge is 0.329 e. The van der Waals surface area contributed by atoms with Crippen LogP contribution in [0.1, 0.15) is 9.67 Å². The summed E-state index contributed by atoms with van der Waals surface area (Å²) in [5.74, 6) is 0. The Morgan fingerprint density at radius 1 is 1.50 bits per heavy atom. The SMILES string of the molecule is O=Cc1cnc(-c2ccc[nH]c2=O)s1. The highest BCUT2D eigenvalue weighted by Gasteiger charge is 2.06. The first-order chi connectivity index (χ1) is 6.81. The van der Waals surface area contributed by atoms with Gasteiger partial charge in [0.25, 0.3) is 5.56 Å². The number of nitrogens with zero attached hydrogens (tertiary/aromatic N) is 1. The van der Waals surface area contributed by atoms with Gasteiger partial charge in [-0.15, -0.1) is 11.3 Å². The third kappa shape index (κ3) is 1.49. The fourth-order valence-corrected chi connectivity index (χ4v) is 1.81. The van der Waals surface area contributed by atoms with Crippen molar-refractivity contribution in [1.82, 2.24) is 9.97 Å². The highest BCUT2D eigenvalue weighted by atomic mass is 32.1. The highest BCUT2D eigenvalue weighted by molar-refractivity contribution is 7.16. The molecule has 5 heteroatoms. The van der Waals surface area contributed by atoms with E-state index in [0.717, 1.165) is 6.29 Å². The van der Waals surface area contributed by atoms with Crippen LogP contribution in [0.2, 0.25) is 0 Å². The molecule has 2 rings (SSSR count). The number of aromatic nitrogens is 2. The summed E-state index contributed by atoms with van der Waals surface area (Å²) in [6.07, 6.45) is 3.73. The molecule has 0 amide bonds. The van der Waals surface area contributed by atoms with E-state index in [1.165, 1.54) is 17.5 Å². The summed E-state index contributed by atoms with van der Waals surface area (Å²) < 4.78 is 0. The van der Waals surface area contributed by atoms with E-state index in [1.54, 1.807) is 18.3 Å².